The van der Waals surface area contributed by atoms with E-state index in [0.717, 1.165) is 31.9 Å². The second-order valence-electron chi connectivity index (χ2n) is 5.75. The number of nitrogens with one attached hydrogen (secondary N) is 1. The van der Waals surface area contributed by atoms with Gasteiger partial charge in [-0.3, -0.25) is 4.79 Å². The summed E-state index contributed by atoms with van der Waals surface area (Å²) in [5.74, 6) is -0.300. The number of carbonyl (C=O) groups excluding carboxylic acids is 1. The summed E-state index contributed by atoms with van der Waals surface area (Å²) < 4.78 is 0. The van der Waals surface area contributed by atoms with Crippen LogP contribution in [0.3, 0.4) is 0 Å². The van der Waals surface area contributed by atoms with Crippen LogP contribution in [0.4, 0.5) is 11.4 Å². The second kappa shape index (κ2) is 7.38. The summed E-state index contributed by atoms with van der Waals surface area (Å²) in [6.07, 6.45) is 1.55. The van der Waals surface area contributed by atoms with Crippen molar-refractivity contribution in [1.29, 1.82) is 0 Å². The van der Waals surface area contributed by atoms with E-state index < -0.39 is 0 Å². The number of anilines is 2. The van der Waals surface area contributed by atoms with Gasteiger partial charge >= 0.3 is 0 Å². The van der Waals surface area contributed by atoms with Gasteiger partial charge in [0.1, 0.15) is 5.15 Å². The number of aromatic nitrogens is 1. The van der Waals surface area contributed by atoms with E-state index in [-0.39, 0.29) is 11.1 Å². The minimum Gasteiger partial charge on any atom is -0.367 e. The summed E-state index contributed by atoms with van der Waals surface area (Å²) in [7, 11) is 2.10. The lowest BCUT2D eigenvalue weighted by atomic mass is 10.2. The van der Waals surface area contributed by atoms with Crippen LogP contribution in [-0.2, 0) is 0 Å². The standard InChI is InChI=1S/C17H18Cl2N4O/c1-22-7-9-23(10-8-22)15-5-4-12(18)11-14(15)21-17(24)13-3-2-6-20-16(13)19/h2-6,11H,7-10H2,1H3,(H,21,24). The molecule has 1 N–H and O–H groups in total. The Kier molecular flexibility index (Phi) is 5.23. The van der Waals surface area contributed by atoms with Crippen molar-refractivity contribution < 1.29 is 4.79 Å². The van der Waals surface area contributed by atoms with Crippen LogP contribution < -0.4 is 10.2 Å². The zero-order chi connectivity index (χ0) is 17.1. The Morgan fingerprint density at radius 1 is 1.17 bits per heavy atom. The molecule has 5 nitrogen and oxygen atoms in total. The molecule has 0 aliphatic carbocycles. The van der Waals surface area contributed by atoms with E-state index in [1.165, 1.54) is 0 Å². The number of benzene rings is 1. The van der Waals surface area contributed by atoms with Crippen molar-refractivity contribution in [3.8, 4) is 0 Å². The van der Waals surface area contributed by atoms with Crippen LogP contribution in [-0.4, -0.2) is 49.0 Å². The molecule has 0 saturated carbocycles. The largest absolute Gasteiger partial charge is 0.367 e. The topological polar surface area (TPSA) is 48.5 Å². The van der Waals surface area contributed by atoms with Gasteiger partial charge < -0.3 is 15.1 Å². The van der Waals surface area contributed by atoms with E-state index in [9.17, 15) is 4.79 Å². The molecule has 0 radical (unpaired) electrons. The fourth-order valence-electron chi connectivity index (χ4n) is 2.68. The average Bonchev–Trinajstić information content (AvgIpc) is 2.56. The quantitative estimate of drug-likeness (QED) is 0.848. The highest BCUT2D eigenvalue weighted by Gasteiger charge is 2.19. The third-order valence-electron chi connectivity index (χ3n) is 4.05. The zero-order valence-corrected chi connectivity index (χ0v) is 14.8. The fraction of sp³-hybridized carbons (Fsp3) is 0.294. The Hall–Kier alpha value is -1.82. The molecule has 1 aliphatic rings. The van der Waals surface area contributed by atoms with E-state index in [2.05, 4.69) is 27.1 Å². The van der Waals surface area contributed by atoms with Crippen LogP contribution in [0.2, 0.25) is 10.2 Å². The van der Waals surface area contributed by atoms with E-state index in [1.807, 2.05) is 12.1 Å². The maximum atomic E-state index is 12.5. The normalized spacial score (nSPS) is 15.4. The summed E-state index contributed by atoms with van der Waals surface area (Å²) in [6.45, 7) is 3.75. The van der Waals surface area contributed by atoms with Gasteiger partial charge in [0.2, 0.25) is 0 Å². The van der Waals surface area contributed by atoms with Crippen molar-refractivity contribution >= 4 is 40.5 Å². The molecule has 126 valence electrons. The smallest absolute Gasteiger partial charge is 0.258 e. The number of halogens is 2. The van der Waals surface area contributed by atoms with Gasteiger partial charge in [-0.25, -0.2) is 4.98 Å². The fourth-order valence-corrected chi connectivity index (χ4v) is 3.05. The van der Waals surface area contributed by atoms with E-state index in [0.29, 0.717) is 16.3 Å². The summed E-state index contributed by atoms with van der Waals surface area (Å²) >= 11 is 12.1. The average molecular weight is 365 g/mol. The molecule has 24 heavy (non-hydrogen) atoms. The Morgan fingerprint density at radius 3 is 2.62 bits per heavy atom. The molecule has 0 bridgehead atoms. The Balaban J connectivity index is 1.86. The van der Waals surface area contributed by atoms with Gasteiger partial charge in [-0.05, 0) is 37.4 Å². The highest BCUT2D eigenvalue weighted by molar-refractivity contribution is 6.33. The van der Waals surface area contributed by atoms with Gasteiger partial charge in [0.25, 0.3) is 5.91 Å². The molecule has 1 fully saturated rings. The molecular formula is C17H18Cl2N4O. The van der Waals surface area contributed by atoms with Crippen molar-refractivity contribution in [2.24, 2.45) is 0 Å². The van der Waals surface area contributed by atoms with Crippen LogP contribution in [0.5, 0.6) is 0 Å². The van der Waals surface area contributed by atoms with Crippen LogP contribution in [0.25, 0.3) is 0 Å². The molecule has 1 saturated heterocycles. The first-order valence-corrected chi connectivity index (χ1v) is 8.45. The number of rotatable bonds is 3. The third kappa shape index (κ3) is 3.80. The number of carbonyl (C=O) groups is 1. The molecule has 0 spiro atoms. The SMILES string of the molecule is CN1CCN(c2ccc(Cl)cc2NC(=O)c2cccnc2Cl)CC1. The Labute approximate surface area is 151 Å². The number of nitrogens with zero attached hydrogens (tertiary/aromatic N) is 3. The van der Waals surface area contributed by atoms with Gasteiger partial charge in [-0.2, -0.15) is 0 Å². The van der Waals surface area contributed by atoms with Gasteiger partial charge in [-0.1, -0.05) is 23.2 Å². The minimum absolute atomic E-state index is 0.179. The lowest BCUT2D eigenvalue weighted by Crippen LogP contribution is -2.44. The molecule has 1 amide bonds. The van der Waals surface area contributed by atoms with Gasteiger partial charge in [-0.15, -0.1) is 0 Å². The summed E-state index contributed by atoms with van der Waals surface area (Å²) in [4.78, 5) is 21.0. The number of amides is 1. The number of piperazine rings is 1. The van der Waals surface area contributed by atoms with Crippen LogP contribution in [0, 0.1) is 0 Å². The molecule has 0 atom stereocenters. The number of pyridine rings is 1. The summed E-state index contributed by atoms with van der Waals surface area (Å²) in [6, 6.07) is 8.86. The predicted molar refractivity (Wildman–Crippen MR) is 98.4 cm³/mol. The predicted octanol–water partition coefficient (Wildman–Crippen LogP) is 3.39. The van der Waals surface area contributed by atoms with E-state index in [1.54, 1.807) is 24.4 Å². The summed E-state index contributed by atoms with van der Waals surface area (Å²) in [5, 5.41) is 3.66. The first-order valence-electron chi connectivity index (χ1n) is 7.69. The maximum absolute atomic E-state index is 12.5. The highest BCUT2D eigenvalue weighted by atomic mass is 35.5. The zero-order valence-electron chi connectivity index (χ0n) is 13.3. The van der Waals surface area contributed by atoms with Gasteiger partial charge in [0.15, 0.2) is 0 Å². The van der Waals surface area contributed by atoms with Crippen molar-refractivity contribution in [3.05, 3.63) is 52.3 Å². The lowest BCUT2D eigenvalue weighted by Gasteiger charge is -2.35. The van der Waals surface area contributed by atoms with Crippen molar-refractivity contribution in [2.45, 2.75) is 0 Å². The first kappa shape index (κ1) is 17.0. The third-order valence-corrected chi connectivity index (χ3v) is 4.59. The molecule has 0 unspecified atom stereocenters. The van der Waals surface area contributed by atoms with Crippen molar-refractivity contribution in [1.82, 2.24) is 9.88 Å². The number of likely N-dealkylation sites (N-methyl/N-ethyl adjacent to an activating group) is 1. The first-order chi connectivity index (χ1) is 11.5. The second-order valence-corrected chi connectivity index (χ2v) is 6.54. The summed E-state index contributed by atoms with van der Waals surface area (Å²) in [5.41, 5.74) is 1.97. The van der Waals surface area contributed by atoms with Crippen LogP contribution in [0.15, 0.2) is 36.5 Å². The molecule has 7 heteroatoms. The molecule has 1 aliphatic heterocycles. The van der Waals surface area contributed by atoms with Crippen LogP contribution in [0.1, 0.15) is 10.4 Å². The Morgan fingerprint density at radius 2 is 1.92 bits per heavy atom. The van der Waals surface area contributed by atoms with Crippen molar-refractivity contribution in [2.75, 3.05) is 43.4 Å². The molecular weight excluding hydrogens is 347 g/mol. The number of hydrogen-bond acceptors (Lipinski definition) is 4. The highest BCUT2D eigenvalue weighted by Crippen LogP contribution is 2.30. The van der Waals surface area contributed by atoms with Crippen LogP contribution >= 0.6 is 23.2 Å². The maximum Gasteiger partial charge on any atom is 0.258 e. The number of hydrogen-bond donors (Lipinski definition) is 1. The van der Waals surface area contributed by atoms with Gasteiger partial charge in [0.05, 0.1) is 16.9 Å². The molecule has 1 aromatic carbocycles. The monoisotopic (exact) mass is 364 g/mol. The van der Waals surface area contributed by atoms with Gasteiger partial charge in [0, 0.05) is 37.4 Å². The molecule has 1 aromatic heterocycles. The van der Waals surface area contributed by atoms with Crippen molar-refractivity contribution in [3.63, 3.8) is 0 Å². The molecule has 3 rings (SSSR count). The molecule has 2 aromatic rings. The molecule has 2 heterocycles. The Bertz CT molecular complexity index is 745. The van der Waals surface area contributed by atoms with E-state index >= 15 is 0 Å². The minimum atomic E-state index is -0.300. The van der Waals surface area contributed by atoms with E-state index in [4.69, 9.17) is 23.2 Å². The lowest BCUT2D eigenvalue weighted by molar-refractivity contribution is 0.102.